The summed E-state index contributed by atoms with van der Waals surface area (Å²) in [6, 6.07) is 6.86. The Morgan fingerprint density at radius 1 is 1.20 bits per heavy atom. The number of nitrogens with zero attached hydrogens (tertiary/aromatic N) is 1. The Labute approximate surface area is 148 Å². The third kappa shape index (κ3) is 4.47. The number of hydrogen-bond acceptors (Lipinski definition) is 4. The Hall–Kier alpha value is -2.62. The van der Waals surface area contributed by atoms with Gasteiger partial charge in [-0.15, -0.1) is 0 Å². The SMILES string of the molecule is Cc1cc(Br)ccc1C(=O)NNc1ccc(C(F)(F)F)cc1[N+](=O)[O-]. The van der Waals surface area contributed by atoms with Crippen LogP contribution in [-0.2, 0) is 6.18 Å². The molecule has 10 heteroatoms. The highest BCUT2D eigenvalue weighted by molar-refractivity contribution is 9.10. The predicted octanol–water partition coefficient (Wildman–Crippen LogP) is 4.44. The average Bonchev–Trinajstić information content (AvgIpc) is 2.51. The van der Waals surface area contributed by atoms with E-state index in [0.29, 0.717) is 23.3 Å². The van der Waals surface area contributed by atoms with Crippen LogP contribution in [0.3, 0.4) is 0 Å². The summed E-state index contributed by atoms with van der Waals surface area (Å²) in [7, 11) is 0. The zero-order chi connectivity index (χ0) is 18.8. The molecule has 0 fully saturated rings. The van der Waals surface area contributed by atoms with Crippen molar-refractivity contribution < 1.29 is 22.9 Å². The number of hydrazine groups is 1. The third-order valence-electron chi connectivity index (χ3n) is 3.27. The van der Waals surface area contributed by atoms with Crippen LogP contribution in [0.15, 0.2) is 40.9 Å². The number of nitro benzene ring substituents is 1. The van der Waals surface area contributed by atoms with Gasteiger partial charge in [0.2, 0.25) is 0 Å². The van der Waals surface area contributed by atoms with Gasteiger partial charge in [0.25, 0.3) is 11.6 Å². The molecule has 0 aliphatic carbocycles. The number of rotatable bonds is 4. The monoisotopic (exact) mass is 417 g/mol. The lowest BCUT2D eigenvalue weighted by Gasteiger charge is -2.12. The Morgan fingerprint density at radius 2 is 1.88 bits per heavy atom. The molecule has 2 aromatic carbocycles. The van der Waals surface area contributed by atoms with Crippen LogP contribution in [0.5, 0.6) is 0 Å². The van der Waals surface area contributed by atoms with Crippen LogP contribution < -0.4 is 10.9 Å². The molecule has 2 aromatic rings. The molecule has 0 radical (unpaired) electrons. The van der Waals surface area contributed by atoms with Gasteiger partial charge in [-0.1, -0.05) is 15.9 Å². The maximum atomic E-state index is 12.7. The lowest BCUT2D eigenvalue weighted by atomic mass is 10.1. The van der Waals surface area contributed by atoms with Crippen LogP contribution in [0.1, 0.15) is 21.5 Å². The number of hydrogen-bond donors (Lipinski definition) is 2. The van der Waals surface area contributed by atoms with Crippen LogP contribution in [0.4, 0.5) is 24.5 Å². The van der Waals surface area contributed by atoms with E-state index in [2.05, 4.69) is 26.8 Å². The van der Waals surface area contributed by atoms with Crippen molar-refractivity contribution in [1.82, 2.24) is 5.43 Å². The van der Waals surface area contributed by atoms with Gasteiger partial charge in [-0.2, -0.15) is 13.2 Å². The summed E-state index contributed by atoms with van der Waals surface area (Å²) >= 11 is 3.26. The molecule has 132 valence electrons. The third-order valence-corrected chi connectivity index (χ3v) is 3.76. The molecule has 0 unspecified atom stereocenters. The van der Waals surface area contributed by atoms with E-state index in [1.165, 1.54) is 6.07 Å². The van der Waals surface area contributed by atoms with Crippen LogP contribution >= 0.6 is 15.9 Å². The minimum Gasteiger partial charge on any atom is -0.292 e. The second-order valence-corrected chi connectivity index (χ2v) is 5.94. The largest absolute Gasteiger partial charge is 0.416 e. The van der Waals surface area contributed by atoms with Crippen molar-refractivity contribution in [3.05, 3.63) is 67.7 Å². The van der Waals surface area contributed by atoms with Crippen LogP contribution in [0.2, 0.25) is 0 Å². The molecule has 2 N–H and O–H groups in total. The first-order chi connectivity index (χ1) is 11.6. The minimum atomic E-state index is -4.71. The number of carbonyl (C=O) groups is 1. The lowest BCUT2D eigenvalue weighted by Crippen LogP contribution is -2.30. The quantitative estimate of drug-likeness (QED) is 0.568. The number of alkyl halides is 3. The van der Waals surface area contributed by atoms with Gasteiger partial charge in [0.15, 0.2) is 0 Å². The van der Waals surface area contributed by atoms with Gasteiger partial charge < -0.3 is 0 Å². The summed E-state index contributed by atoms with van der Waals surface area (Å²) in [5, 5.41) is 11.0. The first-order valence-corrected chi connectivity index (χ1v) is 7.57. The fourth-order valence-corrected chi connectivity index (χ4v) is 2.51. The second kappa shape index (κ2) is 7.09. The standard InChI is InChI=1S/C15H11BrF3N3O3/c1-8-6-10(16)3-4-11(8)14(23)21-20-12-5-2-9(15(17,18)19)7-13(12)22(24)25/h2-7,20H,1H3,(H,21,23). The lowest BCUT2D eigenvalue weighted by molar-refractivity contribution is -0.384. The molecular weight excluding hydrogens is 407 g/mol. The van der Waals surface area contributed by atoms with Crippen molar-refractivity contribution in [2.75, 3.05) is 5.43 Å². The summed E-state index contributed by atoms with van der Waals surface area (Å²) in [5.41, 5.74) is 3.27. The van der Waals surface area contributed by atoms with Gasteiger partial charge in [0.05, 0.1) is 10.5 Å². The van der Waals surface area contributed by atoms with Crippen molar-refractivity contribution >= 4 is 33.2 Å². The molecule has 0 atom stereocenters. The normalized spacial score (nSPS) is 11.1. The molecule has 6 nitrogen and oxygen atoms in total. The Bertz CT molecular complexity index is 841. The smallest absolute Gasteiger partial charge is 0.292 e. The Balaban J connectivity index is 2.22. The van der Waals surface area contributed by atoms with Gasteiger partial charge in [0.1, 0.15) is 5.69 Å². The van der Waals surface area contributed by atoms with Gasteiger partial charge in [-0.3, -0.25) is 25.8 Å². The summed E-state index contributed by atoms with van der Waals surface area (Å²) in [6.45, 7) is 1.69. The van der Waals surface area contributed by atoms with E-state index in [-0.39, 0.29) is 5.69 Å². The van der Waals surface area contributed by atoms with Crippen molar-refractivity contribution in [3.8, 4) is 0 Å². The summed E-state index contributed by atoms with van der Waals surface area (Å²) < 4.78 is 38.7. The number of nitro groups is 1. The van der Waals surface area contributed by atoms with E-state index < -0.39 is 28.3 Å². The number of halogens is 4. The summed E-state index contributed by atoms with van der Waals surface area (Å²) in [4.78, 5) is 22.1. The zero-order valence-corrected chi connectivity index (χ0v) is 14.2. The number of anilines is 1. The van der Waals surface area contributed by atoms with Gasteiger partial charge in [-0.05, 0) is 42.8 Å². The molecule has 0 aliphatic heterocycles. The highest BCUT2D eigenvalue weighted by atomic mass is 79.9. The van der Waals surface area contributed by atoms with Gasteiger partial charge in [0, 0.05) is 16.1 Å². The summed E-state index contributed by atoms with van der Waals surface area (Å²) in [5.74, 6) is -0.584. The predicted molar refractivity (Wildman–Crippen MR) is 88.1 cm³/mol. The number of carbonyl (C=O) groups excluding carboxylic acids is 1. The number of benzene rings is 2. The van der Waals surface area contributed by atoms with Crippen LogP contribution in [0.25, 0.3) is 0 Å². The minimum absolute atomic E-state index is 0.263. The number of aryl methyl sites for hydroxylation is 1. The topological polar surface area (TPSA) is 84.3 Å². The van der Waals surface area contributed by atoms with E-state index in [0.717, 1.165) is 10.5 Å². The average molecular weight is 418 g/mol. The Kier molecular flexibility index (Phi) is 5.31. The molecule has 0 spiro atoms. The zero-order valence-electron chi connectivity index (χ0n) is 12.6. The maximum absolute atomic E-state index is 12.7. The fraction of sp³-hybridized carbons (Fsp3) is 0.133. The first kappa shape index (κ1) is 18.7. The highest BCUT2D eigenvalue weighted by Crippen LogP contribution is 2.34. The molecule has 0 saturated carbocycles. The van der Waals surface area contributed by atoms with E-state index >= 15 is 0 Å². The molecule has 0 heterocycles. The second-order valence-electron chi connectivity index (χ2n) is 5.03. The van der Waals surface area contributed by atoms with Gasteiger partial charge >= 0.3 is 6.18 Å². The fourth-order valence-electron chi connectivity index (χ4n) is 2.04. The van der Waals surface area contributed by atoms with Crippen LogP contribution in [-0.4, -0.2) is 10.8 Å². The Morgan fingerprint density at radius 3 is 2.44 bits per heavy atom. The van der Waals surface area contributed by atoms with Crippen molar-refractivity contribution in [3.63, 3.8) is 0 Å². The molecule has 2 rings (SSSR count). The van der Waals surface area contributed by atoms with E-state index in [1.807, 2.05) is 0 Å². The first-order valence-electron chi connectivity index (χ1n) is 6.77. The van der Waals surface area contributed by atoms with E-state index in [9.17, 15) is 28.1 Å². The van der Waals surface area contributed by atoms with Crippen molar-refractivity contribution in [1.29, 1.82) is 0 Å². The molecule has 0 aromatic heterocycles. The molecular formula is C15H11BrF3N3O3. The van der Waals surface area contributed by atoms with Crippen molar-refractivity contribution in [2.45, 2.75) is 13.1 Å². The van der Waals surface area contributed by atoms with Crippen molar-refractivity contribution in [2.24, 2.45) is 0 Å². The van der Waals surface area contributed by atoms with Gasteiger partial charge in [-0.25, -0.2) is 0 Å². The summed E-state index contributed by atoms with van der Waals surface area (Å²) in [6.07, 6.45) is -4.71. The molecule has 1 amide bonds. The molecule has 0 aliphatic rings. The highest BCUT2D eigenvalue weighted by Gasteiger charge is 2.33. The van der Waals surface area contributed by atoms with E-state index in [1.54, 1.807) is 19.1 Å². The molecule has 0 saturated heterocycles. The number of nitrogens with one attached hydrogen (secondary N) is 2. The van der Waals surface area contributed by atoms with Crippen LogP contribution in [0, 0.1) is 17.0 Å². The molecule has 25 heavy (non-hydrogen) atoms. The maximum Gasteiger partial charge on any atom is 0.416 e. The van der Waals surface area contributed by atoms with E-state index in [4.69, 9.17) is 0 Å². The number of amides is 1. The molecule has 0 bridgehead atoms.